The first-order chi connectivity index (χ1) is 22.6. The maximum Gasteiger partial charge on any atom is 0.271 e. The van der Waals surface area contributed by atoms with Crippen molar-refractivity contribution in [3.63, 3.8) is 0 Å². The molecule has 2 aromatic carbocycles. The minimum absolute atomic E-state index is 0.159. The zero-order chi connectivity index (χ0) is 31.2. The lowest BCUT2D eigenvalue weighted by atomic mass is 10.0. The van der Waals surface area contributed by atoms with Gasteiger partial charge >= 0.3 is 0 Å². The first-order valence-corrected chi connectivity index (χ1v) is 15.7. The standard InChI is InChI=1S/C35H35N7O4/c1-40(21-22-6-10-25(44-2)11-7-22)30-19-32(39-42-31(20-37-33(30)42)34(43)38-24-8-9-24)41-15-13-27-26(4-3-5-29(27)41)28-18-23(12-14-36-28)35-45-16-17-46-35/h3-7,10-12,14,18-20,24,35H,8-9,13,15-17,21H2,1-2H3,(H,38,43). The number of anilines is 3. The van der Waals surface area contributed by atoms with Crippen LogP contribution in [0.15, 0.2) is 73.1 Å². The highest BCUT2D eigenvalue weighted by atomic mass is 16.7. The number of aromatic nitrogens is 4. The molecule has 1 amide bonds. The molecular formula is C35H35N7O4. The van der Waals surface area contributed by atoms with Crippen molar-refractivity contribution in [3.8, 4) is 17.0 Å². The minimum Gasteiger partial charge on any atom is -0.497 e. The van der Waals surface area contributed by atoms with Gasteiger partial charge in [0.2, 0.25) is 0 Å². The molecule has 46 heavy (non-hydrogen) atoms. The van der Waals surface area contributed by atoms with Gasteiger partial charge in [-0.05, 0) is 60.7 Å². The van der Waals surface area contributed by atoms with E-state index in [1.54, 1.807) is 17.8 Å². The molecular weight excluding hydrogens is 582 g/mol. The summed E-state index contributed by atoms with van der Waals surface area (Å²) in [6.07, 6.45) is 5.91. The molecule has 2 fully saturated rings. The third kappa shape index (κ3) is 5.31. The number of pyridine rings is 1. The summed E-state index contributed by atoms with van der Waals surface area (Å²) < 4.78 is 18.5. The maximum atomic E-state index is 13.3. The topological polar surface area (TPSA) is 106 Å². The summed E-state index contributed by atoms with van der Waals surface area (Å²) in [5.41, 5.74) is 8.24. The molecule has 3 aliphatic rings. The highest BCUT2D eigenvalue weighted by Gasteiger charge is 2.29. The van der Waals surface area contributed by atoms with Gasteiger partial charge in [-0.1, -0.05) is 24.3 Å². The van der Waals surface area contributed by atoms with Gasteiger partial charge in [-0.2, -0.15) is 0 Å². The third-order valence-electron chi connectivity index (χ3n) is 8.83. The van der Waals surface area contributed by atoms with Crippen LogP contribution in [0.2, 0.25) is 0 Å². The van der Waals surface area contributed by atoms with Crippen molar-refractivity contribution >= 4 is 28.7 Å². The number of fused-ring (bicyclic) bond motifs is 2. The average Bonchev–Trinajstić information content (AvgIpc) is 3.46. The van der Waals surface area contributed by atoms with E-state index in [2.05, 4.69) is 57.6 Å². The maximum absolute atomic E-state index is 13.3. The van der Waals surface area contributed by atoms with Crippen LogP contribution in [0.4, 0.5) is 17.2 Å². The number of hydrogen-bond acceptors (Lipinski definition) is 9. The van der Waals surface area contributed by atoms with E-state index < -0.39 is 0 Å². The SMILES string of the molecule is COc1ccc(CN(C)c2cc(N3CCc4c(-c5cc(C6OCCO6)ccn5)cccc43)nn3c(C(=O)NC4CC4)cnc23)cc1. The molecule has 11 nitrogen and oxygen atoms in total. The zero-order valence-corrected chi connectivity index (χ0v) is 25.8. The Morgan fingerprint density at radius 1 is 1.07 bits per heavy atom. The van der Waals surface area contributed by atoms with Crippen molar-refractivity contribution in [2.45, 2.75) is 38.1 Å². The fraction of sp³-hybridized carbons (Fsp3) is 0.314. The predicted molar refractivity (Wildman–Crippen MR) is 174 cm³/mol. The second-order valence-electron chi connectivity index (χ2n) is 12.0. The predicted octanol–water partition coefficient (Wildman–Crippen LogP) is 5.07. The van der Waals surface area contributed by atoms with Crippen molar-refractivity contribution < 1.29 is 19.0 Å². The van der Waals surface area contributed by atoms with E-state index in [-0.39, 0.29) is 18.2 Å². The monoisotopic (exact) mass is 617 g/mol. The van der Waals surface area contributed by atoms with Crippen LogP contribution in [0.5, 0.6) is 5.75 Å². The molecule has 0 radical (unpaired) electrons. The van der Waals surface area contributed by atoms with E-state index in [0.717, 1.165) is 71.1 Å². The van der Waals surface area contributed by atoms with E-state index in [9.17, 15) is 4.79 Å². The fourth-order valence-corrected chi connectivity index (χ4v) is 6.29. The van der Waals surface area contributed by atoms with E-state index in [1.165, 1.54) is 5.56 Å². The summed E-state index contributed by atoms with van der Waals surface area (Å²) in [7, 11) is 3.70. The summed E-state index contributed by atoms with van der Waals surface area (Å²) >= 11 is 0. The molecule has 5 aromatic rings. The first kappa shape index (κ1) is 28.5. The normalized spacial score (nSPS) is 16.2. The summed E-state index contributed by atoms with van der Waals surface area (Å²) in [5, 5.41) is 8.13. The lowest BCUT2D eigenvalue weighted by molar-refractivity contribution is -0.0441. The molecule has 2 aliphatic heterocycles. The van der Waals surface area contributed by atoms with Crippen molar-refractivity contribution in [1.82, 2.24) is 24.9 Å². The molecule has 0 bridgehead atoms. The lowest BCUT2D eigenvalue weighted by Gasteiger charge is -2.24. The number of benzene rings is 2. The molecule has 8 rings (SSSR count). The van der Waals surface area contributed by atoms with Gasteiger partial charge < -0.3 is 29.3 Å². The van der Waals surface area contributed by atoms with Crippen LogP contribution in [0, 0.1) is 0 Å². The quantitative estimate of drug-likeness (QED) is 0.243. The molecule has 3 aromatic heterocycles. The summed E-state index contributed by atoms with van der Waals surface area (Å²) in [5.74, 6) is 1.40. The zero-order valence-electron chi connectivity index (χ0n) is 25.8. The number of imidazole rings is 1. The minimum atomic E-state index is -0.360. The first-order valence-electron chi connectivity index (χ1n) is 15.7. The van der Waals surface area contributed by atoms with Crippen LogP contribution in [0.1, 0.15) is 46.3 Å². The number of nitrogens with zero attached hydrogens (tertiary/aromatic N) is 6. The Labute approximate surface area is 266 Å². The van der Waals surface area contributed by atoms with Gasteiger partial charge in [0.1, 0.15) is 5.75 Å². The van der Waals surface area contributed by atoms with Crippen LogP contribution in [0.25, 0.3) is 16.9 Å². The number of hydrogen-bond donors (Lipinski definition) is 1. The Balaban J connectivity index is 1.18. The van der Waals surface area contributed by atoms with Crippen molar-refractivity contribution in [3.05, 3.63) is 95.4 Å². The molecule has 0 unspecified atom stereocenters. The van der Waals surface area contributed by atoms with Gasteiger partial charge in [0.05, 0.1) is 37.9 Å². The van der Waals surface area contributed by atoms with E-state index in [0.29, 0.717) is 31.1 Å². The Morgan fingerprint density at radius 2 is 1.89 bits per heavy atom. The van der Waals surface area contributed by atoms with E-state index >= 15 is 0 Å². The Bertz CT molecular complexity index is 1910. The number of rotatable bonds is 9. The number of carbonyl (C=O) groups is 1. The van der Waals surface area contributed by atoms with Crippen LogP contribution >= 0.6 is 0 Å². The second-order valence-corrected chi connectivity index (χ2v) is 12.0. The summed E-state index contributed by atoms with van der Waals surface area (Å²) in [6.45, 7) is 2.55. The van der Waals surface area contributed by atoms with E-state index in [1.807, 2.05) is 31.4 Å². The van der Waals surface area contributed by atoms with Gasteiger partial charge in [0.25, 0.3) is 5.91 Å². The van der Waals surface area contributed by atoms with Crippen LogP contribution in [-0.4, -0.2) is 65.4 Å². The largest absolute Gasteiger partial charge is 0.497 e. The molecule has 0 atom stereocenters. The van der Waals surface area contributed by atoms with Gasteiger partial charge in [0.15, 0.2) is 23.4 Å². The number of nitrogens with one attached hydrogen (secondary N) is 1. The van der Waals surface area contributed by atoms with Crippen LogP contribution < -0.4 is 19.9 Å². The fourth-order valence-electron chi connectivity index (χ4n) is 6.29. The van der Waals surface area contributed by atoms with Gasteiger partial charge in [-0.3, -0.25) is 9.78 Å². The molecule has 11 heteroatoms. The van der Waals surface area contributed by atoms with Gasteiger partial charge in [-0.25, -0.2) is 9.50 Å². The molecule has 1 saturated heterocycles. The van der Waals surface area contributed by atoms with Crippen LogP contribution in [-0.2, 0) is 22.4 Å². The molecule has 1 saturated carbocycles. The highest BCUT2D eigenvalue weighted by molar-refractivity contribution is 5.94. The summed E-state index contributed by atoms with van der Waals surface area (Å²) in [4.78, 5) is 27.1. The van der Waals surface area contributed by atoms with Gasteiger partial charge in [-0.15, -0.1) is 5.10 Å². The second kappa shape index (κ2) is 11.7. The number of carbonyl (C=O) groups excluding carboxylic acids is 1. The summed E-state index contributed by atoms with van der Waals surface area (Å²) in [6, 6.07) is 20.6. The van der Waals surface area contributed by atoms with Gasteiger partial charge in [0, 0.05) is 55.3 Å². The molecule has 5 heterocycles. The highest BCUT2D eigenvalue weighted by Crippen LogP contribution is 2.41. The number of ether oxygens (including phenoxy) is 3. The molecule has 0 spiro atoms. The average molecular weight is 618 g/mol. The van der Waals surface area contributed by atoms with Crippen LogP contribution in [0.3, 0.4) is 0 Å². The van der Waals surface area contributed by atoms with E-state index in [4.69, 9.17) is 29.3 Å². The van der Waals surface area contributed by atoms with Crippen molar-refractivity contribution in [2.24, 2.45) is 0 Å². The molecule has 1 aliphatic carbocycles. The Hall–Kier alpha value is -5.00. The molecule has 234 valence electrons. The van der Waals surface area contributed by atoms with Crippen molar-refractivity contribution in [2.75, 3.05) is 43.7 Å². The number of methoxy groups -OCH3 is 1. The third-order valence-corrected chi connectivity index (χ3v) is 8.83. The molecule has 1 N–H and O–H groups in total. The lowest BCUT2D eigenvalue weighted by Crippen LogP contribution is -2.27. The number of amides is 1. The Kier molecular flexibility index (Phi) is 7.26. The Morgan fingerprint density at radius 3 is 2.67 bits per heavy atom. The van der Waals surface area contributed by atoms with Crippen molar-refractivity contribution in [1.29, 1.82) is 0 Å². The smallest absolute Gasteiger partial charge is 0.271 e.